The number of pyridine rings is 1. The monoisotopic (exact) mass is 279 g/mol. The van der Waals surface area contributed by atoms with Gasteiger partial charge in [-0.3, -0.25) is 0 Å². The Morgan fingerprint density at radius 1 is 1.35 bits per heavy atom. The molecule has 4 nitrogen and oxygen atoms in total. The summed E-state index contributed by atoms with van der Waals surface area (Å²) in [5.74, 6) is 1.41. The molecule has 0 bridgehead atoms. The Labute approximate surface area is 123 Å². The van der Waals surface area contributed by atoms with E-state index in [9.17, 15) is 0 Å². The van der Waals surface area contributed by atoms with Gasteiger partial charge in [0.25, 0.3) is 0 Å². The summed E-state index contributed by atoms with van der Waals surface area (Å²) < 4.78 is 5.61. The molecular formula is C16H29N3O. The first-order valence-corrected chi connectivity index (χ1v) is 7.58. The highest BCUT2D eigenvalue weighted by Crippen LogP contribution is 2.10. The molecule has 0 saturated heterocycles. The van der Waals surface area contributed by atoms with Crippen molar-refractivity contribution in [2.24, 2.45) is 5.92 Å². The minimum atomic E-state index is 0.687. The second-order valence-electron chi connectivity index (χ2n) is 5.65. The fraction of sp³-hybridized carbons (Fsp3) is 0.688. The molecule has 0 fully saturated rings. The Bertz CT molecular complexity index is 351. The van der Waals surface area contributed by atoms with Gasteiger partial charge < -0.3 is 15.0 Å². The maximum absolute atomic E-state index is 5.61. The fourth-order valence-corrected chi connectivity index (χ4v) is 2.14. The van der Waals surface area contributed by atoms with Gasteiger partial charge in [0.2, 0.25) is 5.88 Å². The zero-order valence-corrected chi connectivity index (χ0v) is 13.4. The molecule has 0 aromatic carbocycles. The Morgan fingerprint density at radius 2 is 2.15 bits per heavy atom. The lowest BCUT2D eigenvalue weighted by atomic mass is 10.2. The zero-order chi connectivity index (χ0) is 14.8. The molecule has 1 aromatic heterocycles. The number of ether oxygens (including phenoxy) is 1. The van der Waals surface area contributed by atoms with Crippen molar-refractivity contribution in [3.05, 3.63) is 23.9 Å². The van der Waals surface area contributed by atoms with Gasteiger partial charge in [-0.1, -0.05) is 26.8 Å². The topological polar surface area (TPSA) is 37.4 Å². The van der Waals surface area contributed by atoms with Crippen LogP contribution in [0.4, 0.5) is 0 Å². The van der Waals surface area contributed by atoms with Gasteiger partial charge in [-0.05, 0) is 38.0 Å². The van der Waals surface area contributed by atoms with Crippen molar-refractivity contribution in [1.29, 1.82) is 0 Å². The summed E-state index contributed by atoms with van der Waals surface area (Å²) in [6, 6.07) is 4.06. The number of rotatable bonds is 10. The number of hydrogen-bond donors (Lipinski definition) is 1. The van der Waals surface area contributed by atoms with Crippen molar-refractivity contribution in [3.63, 3.8) is 0 Å². The first-order valence-electron chi connectivity index (χ1n) is 7.58. The summed E-state index contributed by atoms with van der Waals surface area (Å²) in [4.78, 5) is 6.68. The molecule has 0 atom stereocenters. The van der Waals surface area contributed by atoms with E-state index in [0.29, 0.717) is 12.5 Å². The quantitative estimate of drug-likeness (QED) is 0.668. The van der Waals surface area contributed by atoms with E-state index < -0.39 is 0 Å². The predicted molar refractivity (Wildman–Crippen MR) is 84.1 cm³/mol. The van der Waals surface area contributed by atoms with Crippen LogP contribution in [-0.4, -0.2) is 43.2 Å². The van der Waals surface area contributed by atoms with Crippen molar-refractivity contribution in [2.45, 2.75) is 33.7 Å². The van der Waals surface area contributed by atoms with E-state index in [2.05, 4.69) is 49.1 Å². The molecule has 0 saturated carbocycles. The summed E-state index contributed by atoms with van der Waals surface area (Å²) in [5, 5.41) is 3.27. The van der Waals surface area contributed by atoms with Gasteiger partial charge in [0.05, 0.1) is 6.61 Å². The fourth-order valence-electron chi connectivity index (χ4n) is 2.14. The largest absolute Gasteiger partial charge is 0.478 e. The van der Waals surface area contributed by atoms with Gasteiger partial charge in [-0.15, -0.1) is 0 Å². The Morgan fingerprint density at radius 3 is 2.75 bits per heavy atom. The molecule has 20 heavy (non-hydrogen) atoms. The van der Waals surface area contributed by atoms with Gasteiger partial charge in [0, 0.05) is 25.4 Å². The number of hydrogen-bond acceptors (Lipinski definition) is 4. The first-order chi connectivity index (χ1) is 9.61. The molecule has 0 aliphatic rings. The van der Waals surface area contributed by atoms with Crippen LogP contribution in [0.2, 0.25) is 0 Å². The summed E-state index contributed by atoms with van der Waals surface area (Å²) in [7, 11) is 2.14. The van der Waals surface area contributed by atoms with Gasteiger partial charge in [-0.25, -0.2) is 4.98 Å². The van der Waals surface area contributed by atoms with Crippen LogP contribution in [0.25, 0.3) is 0 Å². The summed E-state index contributed by atoms with van der Waals surface area (Å²) in [6.45, 7) is 11.3. The van der Waals surface area contributed by atoms with E-state index in [0.717, 1.165) is 38.5 Å². The van der Waals surface area contributed by atoms with Crippen molar-refractivity contribution < 1.29 is 4.74 Å². The molecule has 0 spiro atoms. The molecule has 1 heterocycles. The van der Waals surface area contributed by atoms with Crippen LogP contribution in [0.15, 0.2) is 18.3 Å². The second kappa shape index (κ2) is 9.72. The van der Waals surface area contributed by atoms with E-state index in [1.165, 1.54) is 5.56 Å². The van der Waals surface area contributed by atoms with Crippen LogP contribution < -0.4 is 10.1 Å². The predicted octanol–water partition coefficient (Wildman–Crippen LogP) is 2.55. The third-order valence-electron chi connectivity index (χ3n) is 2.92. The molecule has 4 heteroatoms. The number of nitrogens with one attached hydrogen (secondary N) is 1. The average Bonchev–Trinajstić information content (AvgIpc) is 2.39. The summed E-state index contributed by atoms with van der Waals surface area (Å²) in [6.07, 6.45) is 2.92. The van der Waals surface area contributed by atoms with Crippen LogP contribution in [0, 0.1) is 5.92 Å². The van der Waals surface area contributed by atoms with E-state index in [1.807, 2.05) is 12.3 Å². The molecule has 0 unspecified atom stereocenters. The van der Waals surface area contributed by atoms with Crippen molar-refractivity contribution in [3.8, 4) is 5.88 Å². The molecule has 1 aromatic rings. The molecule has 0 aliphatic carbocycles. The van der Waals surface area contributed by atoms with Crippen LogP contribution >= 0.6 is 0 Å². The minimum Gasteiger partial charge on any atom is -0.478 e. The van der Waals surface area contributed by atoms with Crippen molar-refractivity contribution in [1.82, 2.24) is 15.2 Å². The Kier molecular flexibility index (Phi) is 8.23. The molecule has 114 valence electrons. The van der Waals surface area contributed by atoms with E-state index in [4.69, 9.17) is 4.74 Å². The van der Waals surface area contributed by atoms with Gasteiger partial charge in [0.15, 0.2) is 0 Å². The zero-order valence-electron chi connectivity index (χ0n) is 13.4. The normalized spacial score (nSPS) is 11.3. The highest BCUT2D eigenvalue weighted by Gasteiger charge is 2.04. The maximum atomic E-state index is 5.61. The Hall–Kier alpha value is -1.13. The molecular weight excluding hydrogens is 250 g/mol. The lowest BCUT2D eigenvalue weighted by molar-refractivity contribution is 0.285. The van der Waals surface area contributed by atoms with Crippen molar-refractivity contribution >= 4 is 0 Å². The third kappa shape index (κ3) is 7.46. The lowest BCUT2D eigenvalue weighted by Crippen LogP contribution is -2.22. The SMILES string of the molecule is CCNCCCOc1ccc(CN(C)CC(C)C)cn1. The molecule has 1 rings (SSSR count). The van der Waals surface area contributed by atoms with E-state index in [1.54, 1.807) is 0 Å². The van der Waals surface area contributed by atoms with E-state index in [-0.39, 0.29) is 0 Å². The van der Waals surface area contributed by atoms with Crippen molar-refractivity contribution in [2.75, 3.05) is 33.3 Å². The molecule has 1 N–H and O–H groups in total. The maximum Gasteiger partial charge on any atom is 0.213 e. The highest BCUT2D eigenvalue weighted by atomic mass is 16.5. The average molecular weight is 279 g/mol. The molecule has 0 amide bonds. The van der Waals surface area contributed by atoms with E-state index >= 15 is 0 Å². The van der Waals surface area contributed by atoms with Gasteiger partial charge in [-0.2, -0.15) is 0 Å². The standard InChI is InChI=1S/C16H29N3O/c1-5-17-9-6-10-20-16-8-7-15(11-18-16)13-19(4)12-14(2)3/h7-8,11,14,17H,5-6,9-10,12-13H2,1-4H3. The van der Waals surface area contributed by atoms with Crippen LogP contribution in [0.3, 0.4) is 0 Å². The summed E-state index contributed by atoms with van der Waals surface area (Å²) in [5.41, 5.74) is 1.23. The number of nitrogens with zero attached hydrogens (tertiary/aromatic N) is 2. The van der Waals surface area contributed by atoms with Gasteiger partial charge in [0.1, 0.15) is 0 Å². The first kappa shape index (κ1) is 16.9. The molecule has 0 radical (unpaired) electrons. The lowest BCUT2D eigenvalue weighted by Gasteiger charge is -2.18. The minimum absolute atomic E-state index is 0.687. The highest BCUT2D eigenvalue weighted by molar-refractivity contribution is 5.17. The second-order valence-corrected chi connectivity index (χ2v) is 5.65. The van der Waals surface area contributed by atoms with Gasteiger partial charge >= 0.3 is 0 Å². The third-order valence-corrected chi connectivity index (χ3v) is 2.92. The smallest absolute Gasteiger partial charge is 0.213 e. The summed E-state index contributed by atoms with van der Waals surface area (Å²) >= 11 is 0. The van der Waals surface area contributed by atoms with Crippen LogP contribution in [-0.2, 0) is 6.54 Å². The number of aromatic nitrogens is 1. The molecule has 0 aliphatic heterocycles. The van der Waals surface area contributed by atoms with Crippen LogP contribution in [0.5, 0.6) is 5.88 Å². The Balaban J connectivity index is 2.29. The van der Waals surface area contributed by atoms with Crippen LogP contribution in [0.1, 0.15) is 32.8 Å².